The number of alkyl halides is 3. The van der Waals surface area contributed by atoms with Crippen molar-refractivity contribution in [1.82, 2.24) is 0 Å². The van der Waals surface area contributed by atoms with Gasteiger partial charge in [0.1, 0.15) is 10.9 Å². The molecule has 0 saturated heterocycles. The topological polar surface area (TPSA) is 29.4 Å². The molecular formula is C9H18I3NOS. The maximum atomic E-state index is 11.3. The number of unbranched alkanes of at least 4 members (excludes halogenated alkanes) is 1. The van der Waals surface area contributed by atoms with Gasteiger partial charge in [0.05, 0.1) is 4.75 Å². The van der Waals surface area contributed by atoms with Gasteiger partial charge in [-0.25, -0.2) is 4.21 Å². The molecule has 0 bridgehead atoms. The number of hydrogen-bond donors (Lipinski definition) is 0. The average molecular weight is 569 g/mol. The second-order valence-electron chi connectivity index (χ2n) is 3.69. The SMILES string of the molecule is CCCC=NS(=O)C(C)(C)C.IC(I)I. The molecule has 0 rings (SSSR count). The minimum atomic E-state index is -1.07. The van der Waals surface area contributed by atoms with Crippen LogP contribution in [0.2, 0.25) is 0 Å². The van der Waals surface area contributed by atoms with Crippen LogP contribution >= 0.6 is 67.8 Å². The first-order valence-electron chi connectivity index (χ1n) is 4.58. The quantitative estimate of drug-likeness (QED) is 0.271. The molecule has 0 saturated carbocycles. The molecule has 0 radical (unpaired) electrons. The third-order valence-corrected chi connectivity index (χ3v) is 2.50. The number of rotatable bonds is 3. The molecule has 0 fully saturated rings. The van der Waals surface area contributed by atoms with Crippen LogP contribution in [-0.4, -0.2) is 15.1 Å². The lowest BCUT2D eigenvalue weighted by Gasteiger charge is -2.12. The van der Waals surface area contributed by atoms with Crippen LogP contribution in [0.25, 0.3) is 0 Å². The normalized spacial score (nSPS) is 13.9. The Morgan fingerprint density at radius 1 is 1.33 bits per heavy atom. The fourth-order valence-corrected chi connectivity index (χ4v) is 0.965. The van der Waals surface area contributed by atoms with Gasteiger partial charge in [0, 0.05) is 6.21 Å². The molecule has 0 aliphatic heterocycles. The zero-order valence-electron chi connectivity index (χ0n) is 9.47. The molecule has 0 aliphatic rings. The Bertz CT molecular complexity index is 199. The van der Waals surface area contributed by atoms with Gasteiger partial charge in [-0.1, -0.05) is 81.1 Å². The standard InChI is InChI=1S/C8H17NOS.CHI3/c1-5-6-7-9-11(10)8(2,3)4;2-1(3)4/h7H,5-6H2,1-4H3;1H. The van der Waals surface area contributed by atoms with Gasteiger partial charge in [-0.2, -0.15) is 4.40 Å². The summed E-state index contributed by atoms with van der Waals surface area (Å²) in [5, 5.41) is 0. The van der Waals surface area contributed by atoms with Crippen LogP contribution in [-0.2, 0) is 11.0 Å². The van der Waals surface area contributed by atoms with Crippen molar-refractivity contribution in [3.63, 3.8) is 0 Å². The van der Waals surface area contributed by atoms with Crippen LogP contribution in [0, 0.1) is 0 Å². The van der Waals surface area contributed by atoms with Crippen molar-refractivity contribution in [3.05, 3.63) is 0 Å². The van der Waals surface area contributed by atoms with E-state index in [2.05, 4.69) is 79.1 Å². The number of halogens is 3. The highest BCUT2D eigenvalue weighted by Gasteiger charge is 2.17. The molecule has 1 unspecified atom stereocenters. The van der Waals surface area contributed by atoms with Gasteiger partial charge in [-0.3, -0.25) is 0 Å². The van der Waals surface area contributed by atoms with Crippen molar-refractivity contribution in [2.75, 3.05) is 0 Å². The number of hydrogen-bond acceptors (Lipinski definition) is 1. The fourth-order valence-electron chi connectivity index (χ4n) is 0.408. The first-order valence-corrected chi connectivity index (χ1v) is 9.43. The zero-order chi connectivity index (χ0) is 12.5. The predicted octanol–water partition coefficient (Wildman–Crippen LogP) is 4.89. The van der Waals surface area contributed by atoms with Crippen LogP contribution in [0.1, 0.15) is 40.5 Å². The van der Waals surface area contributed by atoms with E-state index in [1.807, 2.05) is 20.8 Å². The highest BCUT2D eigenvalue weighted by molar-refractivity contribution is 14.3. The Morgan fingerprint density at radius 2 is 1.73 bits per heavy atom. The molecule has 0 aromatic heterocycles. The summed E-state index contributed by atoms with van der Waals surface area (Å²) in [5.41, 5.74) is 0. The van der Waals surface area contributed by atoms with E-state index in [1.54, 1.807) is 6.21 Å². The van der Waals surface area contributed by atoms with Crippen LogP contribution < -0.4 is 0 Å². The maximum Gasteiger partial charge on any atom is 0.144 e. The molecular weight excluding hydrogens is 551 g/mol. The second kappa shape index (κ2) is 11.1. The number of nitrogens with zero attached hydrogens (tertiary/aromatic N) is 1. The Labute approximate surface area is 137 Å². The monoisotopic (exact) mass is 569 g/mol. The van der Waals surface area contributed by atoms with Crippen molar-refractivity contribution in [2.24, 2.45) is 4.40 Å². The zero-order valence-corrected chi connectivity index (χ0v) is 16.8. The summed E-state index contributed by atoms with van der Waals surface area (Å²) in [4.78, 5) is 0. The van der Waals surface area contributed by atoms with Gasteiger partial charge in [0.15, 0.2) is 0 Å². The van der Waals surface area contributed by atoms with Gasteiger partial charge in [-0.05, 0) is 27.2 Å². The summed E-state index contributed by atoms with van der Waals surface area (Å²) in [7, 11) is -1.07. The molecule has 1 atom stereocenters. The summed E-state index contributed by atoms with van der Waals surface area (Å²) in [6.45, 7) is 7.84. The highest BCUT2D eigenvalue weighted by atomic mass is 127. The molecule has 0 aromatic carbocycles. The Balaban J connectivity index is 0. The molecule has 0 amide bonds. The van der Waals surface area contributed by atoms with E-state index in [4.69, 9.17) is 0 Å². The molecule has 2 nitrogen and oxygen atoms in total. The van der Waals surface area contributed by atoms with Gasteiger partial charge in [0.2, 0.25) is 0 Å². The summed E-state index contributed by atoms with van der Waals surface area (Å²) in [6, 6.07) is 0. The van der Waals surface area contributed by atoms with Gasteiger partial charge in [0.25, 0.3) is 0 Å². The summed E-state index contributed by atoms with van der Waals surface area (Å²) >= 11 is 6.95. The third-order valence-electron chi connectivity index (χ3n) is 1.11. The first kappa shape index (κ1) is 19.4. The first-order chi connectivity index (χ1) is 6.71. The van der Waals surface area contributed by atoms with Crippen molar-refractivity contribution in [3.8, 4) is 0 Å². The molecule has 0 heterocycles. The van der Waals surface area contributed by atoms with E-state index < -0.39 is 11.0 Å². The lowest BCUT2D eigenvalue weighted by molar-refractivity contribution is 0.650. The van der Waals surface area contributed by atoms with E-state index in [1.165, 1.54) is 0 Å². The van der Waals surface area contributed by atoms with Gasteiger partial charge in [-0.15, -0.1) is 0 Å². The van der Waals surface area contributed by atoms with E-state index in [9.17, 15) is 4.21 Å². The van der Waals surface area contributed by atoms with Crippen LogP contribution in [0.15, 0.2) is 4.40 Å². The lowest BCUT2D eigenvalue weighted by atomic mass is 10.3. The summed E-state index contributed by atoms with van der Waals surface area (Å²) < 4.78 is 15.7. The molecule has 0 N–H and O–H groups in total. The van der Waals surface area contributed by atoms with E-state index in [0.717, 1.165) is 12.8 Å². The minimum absolute atomic E-state index is 0.218. The largest absolute Gasteiger partial charge is 0.234 e. The minimum Gasteiger partial charge on any atom is -0.234 e. The predicted molar refractivity (Wildman–Crippen MR) is 97.1 cm³/mol. The van der Waals surface area contributed by atoms with Gasteiger partial charge >= 0.3 is 0 Å². The Kier molecular flexibility index (Phi) is 14.3. The molecule has 92 valence electrons. The van der Waals surface area contributed by atoms with E-state index in [0.29, 0.717) is 0 Å². The van der Waals surface area contributed by atoms with Crippen molar-refractivity contribution in [2.45, 2.75) is 45.2 Å². The molecule has 6 heteroatoms. The van der Waals surface area contributed by atoms with Crippen LogP contribution in [0.5, 0.6) is 0 Å². The smallest absolute Gasteiger partial charge is 0.144 e. The average Bonchev–Trinajstić information content (AvgIpc) is 2.01. The van der Waals surface area contributed by atoms with Crippen LogP contribution in [0.4, 0.5) is 0 Å². The lowest BCUT2D eigenvalue weighted by Crippen LogP contribution is -2.19. The highest BCUT2D eigenvalue weighted by Crippen LogP contribution is 2.16. The van der Waals surface area contributed by atoms with Gasteiger partial charge < -0.3 is 0 Å². The van der Waals surface area contributed by atoms with E-state index >= 15 is 0 Å². The summed E-state index contributed by atoms with van der Waals surface area (Å²) in [5.74, 6) is 0. The van der Waals surface area contributed by atoms with Crippen molar-refractivity contribution >= 4 is 85.0 Å². The van der Waals surface area contributed by atoms with Crippen molar-refractivity contribution in [1.29, 1.82) is 0 Å². The molecule has 0 aromatic rings. The van der Waals surface area contributed by atoms with Crippen molar-refractivity contribution < 1.29 is 4.21 Å². The fraction of sp³-hybridized carbons (Fsp3) is 0.889. The Hall–Kier alpha value is 2.01. The maximum absolute atomic E-state index is 11.3. The summed E-state index contributed by atoms with van der Waals surface area (Å²) in [6.07, 6.45) is 3.73. The molecule has 0 aliphatic carbocycles. The molecule has 15 heavy (non-hydrogen) atoms. The Morgan fingerprint density at radius 3 is 2.00 bits per heavy atom. The molecule has 0 spiro atoms. The third kappa shape index (κ3) is 18.6. The second-order valence-corrected chi connectivity index (χ2v) is 16.5. The van der Waals surface area contributed by atoms with Crippen LogP contribution in [0.3, 0.4) is 0 Å². The van der Waals surface area contributed by atoms with E-state index in [-0.39, 0.29) is 4.75 Å².